The van der Waals surface area contributed by atoms with Gasteiger partial charge in [-0.2, -0.15) is 0 Å². The van der Waals surface area contributed by atoms with E-state index in [0.29, 0.717) is 36.3 Å². The van der Waals surface area contributed by atoms with Gasteiger partial charge in [-0.3, -0.25) is 14.4 Å². The van der Waals surface area contributed by atoms with Crippen molar-refractivity contribution in [3.05, 3.63) is 47.3 Å². The summed E-state index contributed by atoms with van der Waals surface area (Å²) in [4.78, 5) is 37.4. The van der Waals surface area contributed by atoms with E-state index in [4.69, 9.17) is 4.74 Å². The number of carbonyl (C=O) groups is 3. The number of halogens is 1. The molecule has 3 fully saturated rings. The first-order chi connectivity index (χ1) is 16.6. The number of hydrogen-bond acceptors (Lipinski definition) is 4. The fourth-order valence-corrected chi connectivity index (χ4v) is 8.10. The summed E-state index contributed by atoms with van der Waals surface area (Å²) >= 11 is 0. The van der Waals surface area contributed by atoms with Gasteiger partial charge in [0.25, 0.3) is 5.91 Å². The molecule has 0 bridgehead atoms. The zero-order chi connectivity index (χ0) is 25.0. The zero-order valence-corrected chi connectivity index (χ0v) is 20.9. The third-order valence-corrected chi connectivity index (χ3v) is 10.0. The molecule has 1 N–H and O–H groups in total. The SMILES string of the molecule is CC(=O)O[C@H]1CC[C@@]2(C)C(=CC[C@H]3[C@@H]4CC(=O)[C@H](CNC(=O)c5ccc(F)cc5)[C@@]4(C)CC[C@@H]32)C1. The molecule has 0 aliphatic heterocycles. The Balaban J connectivity index is 1.30. The molecule has 5 nitrogen and oxygen atoms in total. The second-order valence-electron chi connectivity index (χ2n) is 11.7. The van der Waals surface area contributed by atoms with Gasteiger partial charge in [0.05, 0.1) is 0 Å². The molecule has 35 heavy (non-hydrogen) atoms. The average Bonchev–Trinajstić information content (AvgIpc) is 3.07. The lowest BCUT2D eigenvalue weighted by Crippen LogP contribution is -2.51. The van der Waals surface area contributed by atoms with Gasteiger partial charge >= 0.3 is 5.97 Å². The maximum Gasteiger partial charge on any atom is 0.302 e. The highest BCUT2D eigenvalue weighted by Crippen LogP contribution is 2.65. The van der Waals surface area contributed by atoms with Gasteiger partial charge in [0.1, 0.15) is 17.7 Å². The van der Waals surface area contributed by atoms with Crippen LogP contribution in [0.4, 0.5) is 4.39 Å². The number of ether oxygens (including phenoxy) is 1. The lowest BCUT2D eigenvalue weighted by molar-refractivity contribution is -0.148. The molecule has 6 heteroatoms. The molecule has 4 aliphatic rings. The number of ketones is 1. The van der Waals surface area contributed by atoms with E-state index in [1.165, 1.54) is 36.8 Å². The van der Waals surface area contributed by atoms with Crippen molar-refractivity contribution in [2.24, 2.45) is 34.5 Å². The normalized spacial score (nSPS) is 38.0. The van der Waals surface area contributed by atoms with Crippen molar-refractivity contribution in [1.29, 1.82) is 0 Å². The second-order valence-corrected chi connectivity index (χ2v) is 11.7. The third kappa shape index (κ3) is 4.13. The van der Waals surface area contributed by atoms with Gasteiger partial charge in [0, 0.05) is 37.8 Å². The molecule has 3 saturated carbocycles. The number of allylic oxidation sites excluding steroid dienone is 1. The van der Waals surface area contributed by atoms with Crippen LogP contribution in [0.15, 0.2) is 35.9 Å². The highest BCUT2D eigenvalue weighted by molar-refractivity contribution is 5.94. The average molecular weight is 482 g/mol. The smallest absolute Gasteiger partial charge is 0.302 e. The maximum absolute atomic E-state index is 13.3. The predicted molar refractivity (Wildman–Crippen MR) is 130 cm³/mol. The summed E-state index contributed by atoms with van der Waals surface area (Å²) in [6.45, 7) is 6.46. The lowest BCUT2D eigenvalue weighted by atomic mass is 9.47. The minimum absolute atomic E-state index is 0.0145. The molecule has 188 valence electrons. The van der Waals surface area contributed by atoms with Crippen molar-refractivity contribution in [3.8, 4) is 0 Å². The van der Waals surface area contributed by atoms with Crippen LogP contribution in [-0.4, -0.2) is 30.3 Å². The fourth-order valence-electron chi connectivity index (χ4n) is 8.10. The van der Waals surface area contributed by atoms with Gasteiger partial charge in [-0.15, -0.1) is 0 Å². The van der Waals surface area contributed by atoms with Gasteiger partial charge in [0.2, 0.25) is 0 Å². The van der Waals surface area contributed by atoms with Gasteiger partial charge in [0.15, 0.2) is 0 Å². The van der Waals surface area contributed by atoms with Crippen LogP contribution < -0.4 is 5.32 Å². The van der Waals surface area contributed by atoms with Crippen LogP contribution in [0.3, 0.4) is 0 Å². The Bertz CT molecular complexity index is 1060. The van der Waals surface area contributed by atoms with Crippen LogP contribution in [0, 0.1) is 40.3 Å². The number of benzene rings is 1. The van der Waals surface area contributed by atoms with Gasteiger partial charge in [-0.05, 0) is 85.0 Å². The number of carbonyl (C=O) groups excluding carboxylic acids is 3. The van der Waals surface area contributed by atoms with Crippen LogP contribution in [-0.2, 0) is 14.3 Å². The molecule has 5 rings (SSSR count). The van der Waals surface area contributed by atoms with E-state index in [1.54, 1.807) is 0 Å². The number of esters is 1. The standard InChI is InChI=1S/C29H36FNO4/c1-17(32)35-21-10-12-28(2)19(14-21)6-9-22-23(28)11-13-29(3)24(22)15-26(33)25(29)16-31-27(34)18-4-7-20(30)8-5-18/h4-8,21-25H,9-16H2,1-3H3,(H,31,34)/t21-,22+,23-,24-,25-,28-,29-/m0/s1. The van der Waals surface area contributed by atoms with E-state index in [-0.39, 0.29) is 46.3 Å². The van der Waals surface area contributed by atoms with Gasteiger partial charge < -0.3 is 10.1 Å². The number of rotatable bonds is 4. The number of hydrogen-bond donors (Lipinski definition) is 1. The fraction of sp³-hybridized carbons (Fsp3) is 0.621. The van der Waals surface area contributed by atoms with E-state index in [2.05, 4.69) is 25.2 Å². The van der Waals surface area contributed by atoms with Gasteiger partial charge in [-0.1, -0.05) is 25.5 Å². The predicted octanol–water partition coefficient (Wildman–Crippen LogP) is 5.25. The van der Waals surface area contributed by atoms with E-state index in [9.17, 15) is 18.8 Å². The lowest BCUT2D eigenvalue weighted by Gasteiger charge is -2.57. The third-order valence-electron chi connectivity index (χ3n) is 10.0. The molecule has 1 aromatic carbocycles. The molecular weight excluding hydrogens is 445 g/mol. The van der Waals surface area contributed by atoms with E-state index in [0.717, 1.165) is 38.5 Å². The molecule has 0 spiro atoms. The minimum Gasteiger partial charge on any atom is -0.462 e. The molecule has 0 saturated heterocycles. The summed E-state index contributed by atoms with van der Waals surface area (Å²) in [5.74, 6) is 0.560. The highest BCUT2D eigenvalue weighted by atomic mass is 19.1. The number of Topliss-reactive ketones (excluding diaryl/α,β-unsaturated/α-hetero) is 1. The summed E-state index contributed by atoms with van der Waals surface area (Å²) in [5.41, 5.74) is 1.83. The summed E-state index contributed by atoms with van der Waals surface area (Å²) in [7, 11) is 0. The quantitative estimate of drug-likeness (QED) is 0.471. The Morgan fingerprint density at radius 3 is 2.54 bits per heavy atom. The number of nitrogens with one attached hydrogen (secondary N) is 1. The maximum atomic E-state index is 13.3. The van der Waals surface area contributed by atoms with Gasteiger partial charge in [-0.25, -0.2) is 4.39 Å². The first kappa shape index (κ1) is 24.2. The topological polar surface area (TPSA) is 72.5 Å². The molecule has 0 aromatic heterocycles. The van der Waals surface area contributed by atoms with Crippen molar-refractivity contribution in [3.63, 3.8) is 0 Å². The Hall–Kier alpha value is -2.50. The molecule has 4 aliphatic carbocycles. The molecule has 1 aromatic rings. The van der Waals surface area contributed by atoms with E-state index >= 15 is 0 Å². The van der Waals surface area contributed by atoms with Crippen LogP contribution in [0.25, 0.3) is 0 Å². The van der Waals surface area contributed by atoms with Crippen molar-refractivity contribution in [1.82, 2.24) is 5.32 Å². The number of fused-ring (bicyclic) bond motifs is 5. The molecule has 0 radical (unpaired) electrons. The van der Waals surface area contributed by atoms with Crippen LogP contribution >= 0.6 is 0 Å². The van der Waals surface area contributed by atoms with Crippen molar-refractivity contribution in [2.45, 2.75) is 71.8 Å². The Morgan fingerprint density at radius 1 is 1.09 bits per heavy atom. The molecule has 0 unspecified atom stereocenters. The summed E-state index contributed by atoms with van der Waals surface area (Å²) in [5, 5.41) is 2.96. The van der Waals surface area contributed by atoms with Crippen LogP contribution in [0.2, 0.25) is 0 Å². The number of amides is 1. The Kier molecular flexibility index (Phi) is 6.13. The van der Waals surface area contributed by atoms with Crippen molar-refractivity contribution >= 4 is 17.7 Å². The van der Waals surface area contributed by atoms with E-state index in [1.807, 2.05) is 0 Å². The first-order valence-corrected chi connectivity index (χ1v) is 13.0. The Morgan fingerprint density at radius 2 is 1.83 bits per heavy atom. The Labute approximate surface area is 206 Å². The highest BCUT2D eigenvalue weighted by Gasteiger charge is 2.61. The summed E-state index contributed by atoms with van der Waals surface area (Å²) < 4.78 is 18.7. The van der Waals surface area contributed by atoms with E-state index < -0.39 is 0 Å². The monoisotopic (exact) mass is 481 g/mol. The molecule has 1 amide bonds. The summed E-state index contributed by atoms with van der Waals surface area (Å²) in [6.07, 6.45) is 8.75. The van der Waals surface area contributed by atoms with Crippen molar-refractivity contribution in [2.75, 3.05) is 6.54 Å². The molecular formula is C29H36FNO4. The van der Waals surface area contributed by atoms with Crippen molar-refractivity contribution < 1.29 is 23.5 Å². The molecule has 0 heterocycles. The first-order valence-electron chi connectivity index (χ1n) is 13.0. The summed E-state index contributed by atoms with van der Waals surface area (Å²) in [6, 6.07) is 5.50. The molecule has 7 atom stereocenters. The van der Waals surface area contributed by atoms with Crippen LogP contribution in [0.5, 0.6) is 0 Å². The largest absolute Gasteiger partial charge is 0.462 e. The second kappa shape index (κ2) is 8.86. The van der Waals surface area contributed by atoms with Crippen LogP contribution in [0.1, 0.15) is 76.1 Å². The minimum atomic E-state index is -0.377. The zero-order valence-electron chi connectivity index (χ0n) is 20.9.